The van der Waals surface area contributed by atoms with Gasteiger partial charge in [-0.2, -0.15) is 5.48 Å². The maximum absolute atomic E-state index is 13.2. The summed E-state index contributed by atoms with van der Waals surface area (Å²) >= 11 is 3.03. The van der Waals surface area contributed by atoms with Crippen LogP contribution in [0.15, 0.2) is 56.7 Å². The number of nitrogens with one attached hydrogen (secondary N) is 2. The molecule has 148 valence electrons. The Labute approximate surface area is 169 Å². The normalized spacial score (nSPS) is 10.7. The molecule has 3 rings (SSSR count). The van der Waals surface area contributed by atoms with E-state index in [-0.39, 0.29) is 27.2 Å². The molecule has 0 atom stereocenters. The van der Waals surface area contributed by atoms with Crippen LogP contribution in [0.3, 0.4) is 0 Å². The second-order valence-electron chi connectivity index (χ2n) is 5.28. The fourth-order valence-corrected chi connectivity index (χ4v) is 2.46. The van der Waals surface area contributed by atoms with E-state index in [1.165, 1.54) is 42.5 Å². The molecule has 1 aromatic heterocycles. The number of hydrogen-bond acceptors (Lipinski definition) is 9. The molecule has 0 aliphatic rings. The summed E-state index contributed by atoms with van der Waals surface area (Å²) in [7, 11) is 0. The van der Waals surface area contributed by atoms with Gasteiger partial charge < -0.3 is 5.32 Å². The summed E-state index contributed by atoms with van der Waals surface area (Å²) in [4.78, 5) is 27.5. The summed E-state index contributed by atoms with van der Waals surface area (Å²) in [6.07, 6.45) is 1.08. The lowest BCUT2D eigenvalue weighted by molar-refractivity contribution is -0.385. The number of halogens is 2. The zero-order valence-electron chi connectivity index (χ0n) is 14.2. The van der Waals surface area contributed by atoms with Crippen molar-refractivity contribution in [2.45, 2.75) is 0 Å². The molecule has 29 heavy (non-hydrogen) atoms. The molecule has 0 radical (unpaired) electrons. The number of nitrogens with zero attached hydrogens (tertiary/aromatic N) is 4. The van der Waals surface area contributed by atoms with Crippen molar-refractivity contribution < 1.29 is 23.7 Å². The lowest BCUT2D eigenvalue weighted by atomic mass is 10.1. The van der Waals surface area contributed by atoms with Crippen LogP contribution < -0.4 is 10.8 Å². The Hall–Kier alpha value is -3.87. The van der Waals surface area contributed by atoms with E-state index in [4.69, 9.17) is 4.94 Å². The molecule has 0 fully saturated rings. The number of carbonyl (C=O) groups is 1. The molecule has 1 heterocycles. The van der Waals surface area contributed by atoms with Gasteiger partial charge in [0.05, 0.1) is 15.1 Å². The van der Waals surface area contributed by atoms with E-state index < -0.39 is 16.6 Å². The van der Waals surface area contributed by atoms with Crippen molar-refractivity contribution in [3.63, 3.8) is 0 Å². The predicted molar refractivity (Wildman–Crippen MR) is 102 cm³/mol. The molecule has 0 saturated carbocycles. The molecule has 2 N–H and O–H groups in total. The first-order valence-electron chi connectivity index (χ1n) is 7.73. The Morgan fingerprint density at radius 2 is 2.10 bits per heavy atom. The van der Waals surface area contributed by atoms with Gasteiger partial charge in [-0.1, -0.05) is 17.3 Å². The second kappa shape index (κ2) is 8.88. The van der Waals surface area contributed by atoms with Crippen LogP contribution in [0.1, 0.15) is 16.1 Å². The van der Waals surface area contributed by atoms with Crippen molar-refractivity contribution in [2.75, 3.05) is 10.8 Å². The zero-order chi connectivity index (χ0) is 20.8. The second-order valence-corrected chi connectivity index (χ2v) is 6.14. The zero-order valence-corrected chi connectivity index (χ0v) is 15.8. The summed E-state index contributed by atoms with van der Waals surface area (Å²) in [6, 6.07) is 9.49. The Morgan fingerprint density at radius 3 is 2.86 bits per heavy atom. The number of hydrogen-bond donors (Lipinski definition) is 2. The van der Waals surface area contributed by atoms with Gasteiger partial charge in [-0.05, 0) is 50.5 Å². The topological polar surface area (TPSA) is 145 Å². The number of rotatable bonds is 7. The van der Waals surface area contributed by atoms with Crippen molar-refractivity contribution in [1.29, 1.82) is 0 Å². The molecule has 0 aliphatic carbocycles. The molecule has 0 spiro atoms. The Balaban J connectivity index is 1.65. The molecule has 0 saturated heterocycles. The van der Waals surface area contributed by atoms with E-state index in [9.17, 15) is 19.3 Å². The fourth-order valence-electron chi connectivity index (χ4n) is 2.08. The number of benzene rings is 2. The Kier molecular flexibility index (Phi) is 6.09. The molecule has 13 heteroatoms. The Morgan fingerprint density at radius 1 is 1.31 bits per heavy atom. The maximum atomic E-state index is 13.2. The summed E-state index contributed by atoms with van der Waals surface area (Å²) in [5.74, 6) is -1.34. The third-order valence-electron chi connectivity index (χ3n) is 3.40. The van der Waals surface area contributed by atoms with Gasteiger partial charge >= 0.3 is 0 Å². The van der Waals surface area contributed by atoms with Crippen molar-refractivity contribution in [3.8, 4) is 0 Å². The summed E-state index contributed by atoms with van der Waals surface area (Å²) in [5.41, 5.74) is 2.33. The van der Waals surface area contributed by atoms with Crippen molar-refractivity contribution in [3.05, 3.63) is 74.1 Å². The summed E-state index contributed by atoms with van der Waals surface area (Å²) in [6.45, 7) is 0. The van der Waals surface area contributed by atoms with Gasteiger partial charge in [0, 0.05) is 6.07 Å². The minimum Gasteiger partial charge on any atom is -0.302 e. The fraction of sp³-hybridized carbons (Fsp3) is 0. The average molecular weight is 465 g/mol. The van der Waals surface area contributed by atoms with Crippen LogP contribution in [0.25, 0.3) is 0 Å². The lowest BCUT2D eigenvalue weighted by Gasteiger charge is -2.03. The van der Waals surface area contributed by atoms with Crippen LogP contribution in [0.4, 0.5) is 21.6 Å². The lowest BCUT2D eigenvalue weighted by Crippen LogP contribution is -2.15. The van der Waals surface area contributed by atoms with Crippen LogP contribution in [0, 0.1) is 15.9 Å². The maximum Gasteiger partial charge on any atom is 0.282 e. The number of anilines is 2. The first-order valence-corrected chi connectivity index (χ1v) is 8.53. The third-order valence-corrected chi connectivity index (χ3v) is 4.01. The van der Waals surface area contributed by atoms with Crippen LogP contribution >= 0.6 is 15.9 Å². The average Bonchev–Trinajstić information content (AvgIpc) is 3.14. The smallest absolute Gasteiger partial charge is 0.282 e. The standard InChI is InChI=1S/C16H10BrFN6O5/c17-11-7-9(5-6-12(11)18)21-28-19-8-13-15(23-29-22-13)20-16(25)10-3-1-2-4-14(10)24(26)27/h1-8,21H,(H,20,23,25)/b19-8+. The number of nitro groups is 1. The van der Waals surface area contributed by atoms with Crippen LogP contribution in [0.2, 0.25) is 0 Å². The number of para-hydroxylation sites is 1. The third kappa shape index (κ3) is 4.90. The Bertz CT molecular complexity index is 1090. The molecule has 3 aromatic rings. The van der Waals surface area contributed by atoms with E-state index in [2.05, 4.69) is 46.8 Å². The number of aromatic nitrogens is 2. The van der Waals surface area contributed by atoms with Gasteiger partial charge in [0.15, 0.2) is 5.69 Å². The van der Waals surface area contributed by atoms with Gasteiger partial charge in [-0.3, -0.25) is 19.8 Å². The number of oxime groups is 1. The number of nitro benzene ring substituents is 1. The summed E-state index contributed by atoms with van der Waals surface area (Å²) < 4.78 is 17.9. The van der Waals surface area contributed by atoms with Gasteiger partial charge in [0.1, 0.15) is 17.6 Å². The minimum atomic E-state index is -0.780. The van der Waals surface area contributed by atoms with E-state index >= 15 is 0 Å². The van der Waals surface area contributed by atoms with E-state index in [0.29, 0.717) is 5.69 Å². The van der Waals surface area contributed by atoms with Crippen molar-refractivity contribution in [2.24, 2.45) is 5.16 Å². The largest absolute Gasteiger partial charge is 0.302 e. The number of carbonyl (C=O) groups excluding carboxylic acids is 1. The highest BCUT2D eigenvalue weighted by molar-refractivity contribution is 9.10. The molecule has 0 aliphatic heterocycles. The highest BCUT2D eigenvalue weighted by Gasteiger charge is 2.21. The van der Waals surface area contributed by atoms with Crippen LogP contribution in [0.5, 0.6) is 0 Å². The SMILES string of the molecule is O=C(Nc1nonc1/C=N/ONc1ccc(F)c(Br)c1)c1ccccc1[N+](=O)[O-]. The summed E-state index contributed by atoms with van der Waals surface area (Å²) in [5, 5.41) is 24.0. The minimum absolute atomic E-state index is 0.000907. The molecular weight excluding hydrogens is 455 g/mol. The van der Waals surface area contributed by atoms with Crippen LogP contribution in [-0.2, 0) is 4.94 Å². The molecule has 0 unspecified atom stereocenters. The van der Waals surface area contributed by atoms with Gasteiger partial charge in [-0.25, -0.2) is 9.02 Å². The molecule has 11 nitrogen and oxygen atoms in total. The first kappa shape index (κ1) is 19.9. The monoisotopic (exact) mass is 464 g/mol. The quantitative estimate of drug-likeness (QED) is 0.306. The van der Waals surface area contributed by atoms with Crippen molar-refractivity contribution in [1.82, 2.24) is 10.3 Å². The van der Waals surface area contributed by atoms with E-state index in [0.717, 1.165) is 6.21 Å². The van der Waals surface area contributed by atoms with Crippen LogP contribution in [-0.4, -0.2) is 27.4 Å². The van der Waals surface area contributed by atoms with Crippen molar-refractivity contribution >= 4 is 45.2 Å². The van der Waals surface area contributed by atoms with Gasteiger partial charge in [0.25, 0.3) is 11.6 Å². The predicted octanol–water partition coefficient (Wildman–Crippen LogP) is 3.51. The molecular formula is C16H10BrFN6O5. The van der Waals surface area contributed by atoms with E-state index in [1.54, 1.807) is 0 Å². The molecule has 2 aromatic carbocycles. The highest BCUT2D eigenvalue weighted by Crippen LogP contribution is 2.21. The first-order chi connectivity index (χ1) is 14.0. The molecule has 0 bridgehead atoms. The van der Waals surface area contributed by atoms with E-state index in [1.807, 2.05) is 0 Å². The van der Waals surface area contributed by atoms with Gasteiger partial charge in [0.2, 0.25) is 5.82 Å². The highest BCUT2D eigenvalue weighted by atomic mass is 79.9. The molecule has 1 amide bonds. The number of amides is 1. The van der Waals surface area contributed by atoms with Gasteiger partial charge in [-0.15, -0.1) is 0 Å².